The fraction of sp³-hybridized carbons (Fsp3) is 0.429. The molecule has 110 valence electrons. The van der Waals surface area contributed by atoms with Crippen molar-refractivity contribution in [3.05, 3.63) is 36.3 Å². The molecule has 2 aromatic rings. The van der Waals surface area contributed by atoms with E-state index in [1.807, 2.05) is 13.8 Å². The number of morpholine rings is 1. The molecule has 1 aliphatic rings. The minimum absolute atomic E-state index is 0.0361. The van der Waals surface area contributed by atoms with Crippen LogP contribution in [0.3, 0.4) is 0 Å². The second kappa shape index (κ2) is 5.61. The molecule has 2 unspecified atom stereocenters. The van der Waals surface area contributed by atoms with Gasteiger partial charge in [0, 0.05) is 25.5 Å². The lowest BCUT2D eigenvalue weighted by Gasteiger charge is -2.35. The summed E-state index contributed by atoms with van der Waals surface area (Å²) in [5, 5.41) is 12.1. The Balaban J connectivity index is 1.76. The summed E-state index contributed by atoms with van der Waals surface area (Å²) < 4.78 is 7.23. The van der Waals surface area contributed by atoms with Crippen LogP contribution in [0.25, 0.3) is 5.82 Å². The van der Waals surface area contributed by atoms with Crippen LogP contribution in [0, 0.1) is 0 Å². The quantitative estimate of drug-likeness (QED) is 0.821. The van der Waals surface area contributed by atoms with Crippen LogP contribution in [-0.2, 0) is 4.74 Å². The molecule has 7 heteroatoms. The van der Waals surface area contributed by atoms with Crippen LogP contribution in [0.1, 0.15) is 24.3 Å². The zero-order valence-electron chi connectivity index (χ0n) is 12.0. The van der Waals surface area contributed by atoms with E-state index < -0.39 is 0 Å². The number of hydrogen-bond donors (Lipinski definition) is 0. The van der Waals surface area contributed by atoms with Crippen LogP contribution >= 0.6 is 0 Å². The third kappa shape index (κ3) is 2.92. The molecular formula is C14H17N5O2. The molecule has 7 nitrogen and oxygen atoms in total. The van der Waals surface area contributed by atoms with E-state index in [0.29, 0.717) is 24.6 Å². The van der Waals surface area contributed by atoms with E-state index in [9.17, 15) is 4.79 Å². The van der Waals surface area contributed by atoms with Crippen LogP contribution in [0.15, 0.2) is 30.6 Å². The van der Waals surface area contributed by atoms with E-state index in [2.05, 4.69) is 15.3 Å². The summed E-state index contributed by atoms with van der Waals surface area (Å²) in [7, 11) is 0. The minimum atomic E-state index is -0.114. The molecular weight excluding hydrogens is 270 g/mol. The number of amides is 1. The lowest BCUT2D eigenvalue weighted by Crippen LogP contribution is -2.48. The van der Waals surface area contributed by atoms with Crippen molar-refractivity contribution in [3.63, 3.8) is 0 Å². The number of nitrogens with zero attached hydrogens (tertiary/aromatic N) is 5. The van der Waals surface area contributed by atoms with E-state index in [1.54, 1.807) is 40.2 Å². The average Bonchev–Trinajstić information content (AvgIpc) is 3.00. The predicted molar refractivity (Wildman–Crippen MR) is 75.1 cm³/mol. The molecule has 0 radical (unpaired) electrons. The topological polar surface area (TPSA) is 73.1 Å². The summed E-state index contributed by atoms with van der Waals surface area (Å²) >= 11 is 0. The lowest BCUT2D eigenvalue weighted by atomic mass is 10.2. The highest BCUT2D eigenvalue weighted by Crippen LogP contribution is 2.13. The maximum atomic E-state index is 12.4. The summed E-state index contributed by atoms with van der Waals surface area (Å²) in [5.41, 5.74) is 0.340. The molecule has 0 N–H and O–H groups in total. The van der Waals surface area contributed by atoms with Gasteiger partial charge in [-0.05, 0) is 32.0 Å². The van der Waals surface area contributed by atoms with Crippen molar-refractivity contribution in [3.8, 4) is 5.82 Å². The SMILES string of the molecule is CC1CN(C(=O)c2ccc(-n3cccn3)nn2)CC(C)O1. The molecule has 0 saturated carbocycles. The van der Waals surface area contributed by atoms with Gasteiger partial charge in [0.25, 0.3) is 5.91 Å². The van der Waals surface area contributed by atoms with Gasteiger partial charge in [0.05, 0.1) is 12.2 Å². The zero-order chi connectivity index (χ0) is 14.8. The smallest absolute Gasteiger partial charge is 0.274 e. The first-order valence-corrected chi connectivity index (χ1v) is 6.92. The lowest BCUT2D eigenvalue weighted by molar-refractivity contribution is -0.0587. The number of carbonyl (C=O) groups excluding carboxylic acids is 1. The third-order valence-corrected chi connectivity index (χ3v) is 3.32. The van der Waals surface area contributed by atoms with E-state index >= 15 is 0 Å². The molecule has 1 fully saturated rings. The number of hydrogen-bond acceptors (Lipinski definition) is 5. The molecule has 1 saturated heterocycles. The van der Waals surface area contributed by atoms with Gasteiger partial charge in [-0.2, -0.15) is 5.10 Å². The molecule has 0 aromatic carbocycles. The molecule has 1 amide bonds. The van der Waals surface area contributed by atoms with Crippen molar-refractivity contribution < 1.29 is 9.53 Å². The normalized spacial score (nSPS) is 22.3. The molecule has 0 bridgehead atoms. The first-order chi connectivity index (χ1) is 10.1. The average molecular weight is 287 g/mol. The van der Waals surface area contributed by atoms with Crippen LogP contribution in [0.4, 0.5) is 0 Å². The van der Waals surface area contributed by atoms with E-state index in [0.717, 1.165) is 0 Å². The van der Waals surface area contributed by atoms with E-state index in [4.69, 9.17) is 4.74 Å². The van der Waals surface area contributed by atoms with Gasteiger partial charge in [-0.15, -0.1) is 10.2 Å². The zero-order valence-corrected chi connectivity index (χ0v) is 12.0. The number of ether oxygens (including phenoxy) is 1. The second-order valence-electron chi connectivity index (χ2n) is 5.19. The fourth-order valence-electron chi connectivity index (χ4n) is 2.47. The third-order valence-electron chi connectivity index (χ3n) is 3.32. The monoisotopic (exact) mass is 287 g/mol. The Morgan fingerprint density at radius 1 is 1.24 bits per heavy atom. The highest BCUT2D eigenvalue weighted by molar-refractivity contribution is 5.92. The second-order valence-corrected chi connectivity index (χ2v) is 5.19. The Kier molecular flexibility index (Phi) is 3.66. The number of aromatic nitrogens is 4. The Bertz CT molecular complexity index is 601. The molecule has 1 aliphatic heterocycles. The number of carbonyl (C=O) groups is 1. The van der Waals surface area contributed by atoms with Crippen molar-refractivity contribution in [2.75, 3.05) is 13.1 Å². The van der Waals surface area contributed by atoms with Crippen molar-refractivity contribution in [2.24, 2.45) is 0 Å². The Labute approximate surface area is 122 Å². The molecule has 2 atom stereocenters. The van der Waals surface area contributed by atoms with Gasteiger partial charge >= 0.3 is 0 Å². The van der Waals surface area contributed by atoms with Gasteiger partial charge in [-0.25, -0.2) is 4.68 Å². The van der Waals surface area contributed by atoms with Gasteiger partial charge in [0.2, 0.25) is 0 Å². The van der Waals surface area contributed by atoms with Crippen molar-refractivity contribution in [1.82, 2.24) is 24.9 Å². The van der Waals surface area contributed by atoms with Crippen molar-refractivity contribution in [1.29, 1.82) is 0 Å². The molecule has 2 aromatic heterocycles. The van der Waals surface area contributed by atoms with Crippen molar-refractivity contribution >= 4 is 5.91 Å². The Morgan fingerprint density at radius 3 is 2.57 bits per heavy atom. The highest BCUT2D eigenvalue weighted by Gasteiger charge is 2.27. The summed E-state index contributed by atoms with van der Waals surface area (Å²) in [5.74, 6) is 0.469. The first kappa shape index (κ1) is 13.7. The Morgan fingerprint density at radius 2 is 2.00 bits per heavy atom. The molecule has 0 spiro atoms. The van der Waals surface area contributed by atoms with Crippen LogP contribution in [0.2, 0.25) is 0 Å². The molecule has 0 aliphatic carbocycles. The Hall–Kier alpha value is -2.28. The van der Waals surface area contributed by atoms with E-state index in [1.165, 1.54) is 0 Å². The maximum absolute atomic E-state index is 12.4. The minimum Gasteiger partial charge on any atom is -0.372 e. The van der Waals surface area contributed by atoms with Gasteiger partial charge in [0.15, 0.2) is 11.5 Å². The van der Waals surface area contributed by atoms with E-state index in [-0.39, 0.29) is 18.1 Å². The number of rotatable bonds is 2. The summed E-state index contributed by atoms with van der Waals surface area (Å²) in [6.45, 7) is 5.07. The largest absolute Gasteiger partial charge is 0.372 e. The molecule has 21 heavy (non-hydrogen) atoms. The van der Waals surface area contributed by atoms with Crippen LogP contribution in [0.5, 0.6) is 0 Å². The van der Waals surface area contributed by atoms with Gasteiger partial charge in [-0.3, -0.25) is 4.79 Å². The summed E-state index contributed by atoms with van der Waals surface area (Å²) in [4.78, 5) is 14.2. The molecule has 3 heterocycles. The van der Waals surface area contributed by atoms with Gasteiger partial charge < -0.3 is 9.64 Å². The summed E-state index contributed by atoms with van der Waals surface area (Å²) in [6.07, 6.45) is 3.51. The maximum Gasteiger partial charge on any atom is 0.274 e. The van der Waals surface area contributed by atoms with Crippen molar-refractivity contribution in [2.45, 2.75) is 26.1 Å². The van der Waals surface area contributed by atoms with Crippen LogP contribution in [-0.4, -0.2) is 56.1 Å². The highest BCUT2D eigenvalue weighted by atomic mass is 16.5. The first-order valence-electron chi connectivity index (χ1n) is 6.92. The standard InChI is InChI=1S/C14H17N5O2/c1-10-8-18(9-11(2)21-10)14(20)12-4-5-13(17-16-12)19-7-3-6-15-19/h3-7,10-11H,8-9H2,1-2H3. The van der Waals surface area contributed by atoms with Gasteiger partial charge in [-0.1, -0.05) is 0 Å². The van der Waals surface area contributed by atoms with Crippen LogP contribution < -0.4 is 0 Å². The predicted octanol–water partition coefficient (Wildman–Crippen LogP) is 0.912. The molecule has 3 rings (SSSR count). The summed E-state index contributed by atoms with van der Waals surface area (Å²) in [6, 6.07) is 5.22. The van der Waals surface area contributed by atoms with Gasteiger partial charge in [0.1, 0.15) is 0 Å². The fourth-order valence-corrected chi connectivity index (χ4v) is 2.47.